The number of nitrogens with one attached hydrogen (secondary N) is 1. The predicted molar refractivity (Wildman–Crippen MR) is 207 cm³/mol. The number of aromatic nitrogens is 1. The van der Waals surface area contributed by atoms with E-state index in [1.54, 1.807) is 23.2 Å². The Hall–Kier alpha value is -4.92. The number of hydrogen-bond donors (Lipinski definition) is 1. The van der Waals surface area contributed by atoms with Gasteiger partial charge >= 0.3 is 24.4 Å². The van der Waals surface area contributed by atoms with Gasteiger partial charge in [-0.1, -0.05) is 48.5 Å². The minimum Gasteiger partial charge on any atom is -0.467 e. The second-order valence-corrected chi connectivity index (χ2v) is 16.4. The van der Waals surface area contributed by atoms with Crippen molar-refractivity contribution in [1.29, 1.82) is 0 Å². The Morgan fingerprint density at radius 3 is 2.19 bits per heavy atom. The standard InChI is InChI=1S/C43H48F6N4O5/c1-40(2,3)58-39(56)53-19-14-27(15-20-53)23-28-11-12-29-13-18-50-36(34(29)24-28)33-10-6-8-31-30(7-5-9-32(31)33)25-35(37(54)57-4)51-38(55)41(43(47,48)49)16-21-52(22-17-41)26-42(44,45)46/h5-13,18,24,27,35H,14-17,19-23,25-26H2,1-4H3,(H,51,55)/t35-/m0/s1. The van der Waals surface area contributed by atoms with Crippen LogP contribution in [-0.4, -0.2) is 96.6 Å². The molecule has 2 aliphatic rings. The van der Waals surface area contributed by atoms with E-state index in [-0.39, 0.29) is 12.5 Å². The van der Waals surface area contributed by atoms with E-state index in [1.807, 2.05) is 51.1 Å². The zero-order chi connectivity index (χ0) is 42.0. The van der Waals surface area contributed by atoms with E-state index in [1.165, 1.54) is 0 Å². The average Bonchev–Trinajstić information content (AvgIpc) is 3.15. The number of halogens is 6. The van der Waals surface area contributed by atoms with Crippen LogP contribution in [0.4, 0.5) is 31.1 Å². The number of alkyl halides is 6. The van der Waals surface area contributed by atoms with Gasteiger partial charge in [-0.15, -0.1) is 0 Å². The number of carbonyl (C=O) groups excluding carboxylic acids is 3. The summed E-state index contributed by atoms with van der Waals surface area (Å²) in [4.78, 5) is 46.6. The van der Waals surface area contributed by atoms with E-state index in [4.69, 9.17) is 14.5 Å². The van der Waals surface area contributed by atoms with Gasteiger partial charge < -0.3 is 19.7 Å². The Bertz CT molecular complexity index is 2130. The third-order valence-electron chi connectivity index (χ3n) is 11.2. The number of amides is 2. The van der Waals surface area contributed by atoms with E-state index in [0.717, 1.165) is 58.6 Å². The van der Waals surface area contributed by atoms with Crippen LogP contribution in [0.5, 0.6) is 0 Å². The van der Waals surface area contributed by atoms with Crippen LogP contribution < -0.4 is 5.32 Å². The first-order chi connectivity index (χ1) is 27.3. The Balaban J connectivity index is 1.24. The highest BCUT2D eigenvalue weighted by Gasteiger charge is 2.61. The Morgan fingerprint density at radius 1 is 0.879 bits per heavy atom. The molecule has 2 saturated heterocycles. The van der Waals surface area contributed by atoms with E-state index < -0.39 is 73.8 Å². The zero-order valence-electron chi connectivity index (χ0n) is 32.9. The van der Waals surface area contributed by atoms with Crippen molar-refractivity contribution in [2.45, 2.75) is 83.3 Å². The lowest BCUT2D eigenvalue weighted by molar-refractivity contribution is -0.236. The number of pyridine rings is 1. The number of likely N-dealkylation sites (tertiary alicyclic amines) is 2. The summed E-state index contributed by atoms with van der Waals surface area (Å²) < 4.78 is 93.2. The Kier molecular flexibility index (Phi) is 12.3. The van der Waals surface area contributed by atoms with Crippen molar-refractivity contribution in [3.05, 3.63) is 78.0 Å². The van der Waals surface area contributed by atoms with Crippen LogP contribution in [0.2, 0.25) is 0 Å². The van der Waals surface area contributed by atoms with Crippen LogP contribution in [-0.2, 0) is 31.9 Å². The fourth-order valence-corrected chi connectivity index (χ4v) is 8.13. The molecule has 0 radical (unpaired) electrons. The van der Waals surface area contributed by atoms with Crippen molar-refractivity contribution in [3.63, 3.8) is 0 Å². The van der Waals surface area contributed by atoms with Gasteiger partial charge in [0.15, 0.2) is 0 Å². The van der Waals surface area contributed by atoms with E-state index >= 15 is 0 Å². The SMILES string of the molecule is COC(=O)[C@H](Cc1cccc2c(-c3nccc4ccc(CC5CCN(C(=O)OC(C)(C)C)CC5)cc34)cccc12)NC(=O)C1(C(F)(F)F)CCN(CC(F)(F)F)CC1. The van der Waals surface area contributed by atoms with Crippen molar-refractivity contribution >= 4 is 39.5 Å². The Labute approximate surface area is 333 Å². The molecular weight excluding hydrogens is 766 g/mol. The summed E-state index contributed by atoms with van der Waals surface area (Å²) in [6.45, 7) is 4.20. The minimum atomic E-state index is -5.08. The molecule has 0 aliphatic carbocycles. The van der Waals surface area contributed by atoms with Crippen molar-refractivity contribution in [2.24, 2.45) is 11.3 Å². The first-order valence-corrected chi connectivity index (χ1v) is 19.4. The lowest BCUT2D eigenvalue weighted by Gasteiger charge is -2.42. The second-order valence-electron chi connectivity index (χ2n) is 16.4. The molecule has 0 spiro atoms. The number of piperidine rings is 2. The molecule has 15 heteroatoms. The quantitative estimate of drug-likeness (QED) is 0.133. The average molecular weight is 815 g/mol. The third kappa shape index (κ3) is 9.67. The minimum absolute atomic E-state index is 0.215. The number of fused-ring (bicyclic) bond motifs is 2. The van der Waals surface area contributed by atoms with Crippen molar-refractivity contribution in [1.82, 2.24) is 20.1 Å². The topological polar surface area (TPSA) is 101 Å². The van der Waals surface area contributed by atoms with Gasteiger partial charge in [0, 0.05) is 36.7 Å². The van der Waals surface area contributed by atoms with Crippen LogP contribution in [0.1, 0.15) is 57.6 Å². The summed E-state index contributed by atoms with van der Waals surface area (Å²) in [5.41, 5.74) is -0.372. The molecule has 1 aromatic heterocycles. The number of nitrogens with zero attached hydrogens (tertiary/aromatic N) is 3. The van der Waals surface area contributed by atoms with E-state index in [9.17, 15) is 40.7 Å². The monoisotopic (exact) mass is 814 g/mol. The first kappa shape index (κ1) is 42.7. The fraction of sp³-hybridized carbons (Fsp3) is 0.488. The summed E-state index contributed by atoms with van der Waals surface area (Å²) in [7, 11) is 1.06. The second kappa shape index (κ2) is 16.7. The molecule has 312 valence electrons. The summed E-state index contributed by atoms with van der Waals surface area (Å²) in [5.74, 6) is -2.08. The van der Waals surface area contributed by atoms with Gasteiger partial charge in [-0.3, -0.25) is 14.7 Å². The lowest BCUT2D eigenvalue weighted by Crippen LogP contribution is -2.59. The molecule has 1 N–H and O–H groups in total. The summed E-state index contributed by atoms with van der Waals surface area (Å²) >= 11 is 0. The van der Waals surface area contributed by atoms with E-state index in [2.05, 4.69) is 23.5 Å². The maximum Gasteiger partial charge on any atom is 0.410 e. The molecule has 58 heavy (non-hydrogen) atoms. The molecule has 2 amide bonds. The third-order valence-corrected chi connectivity index (χ3v) is 11.2. The molecule has 4 aromatic rings. The van der Waals surface area contributed by atoms with E-state index in [0.29, 0.717) is 35.7 Å². The number of carbonyl (C=O) groups is 3. The van der Waals surface area contributed by atoms with Gasteiger partial charge in [0.05, 0.1) is 19.3 Å². The van der Waals surface area contributed by atoms with Gasteiger partial charge in [0.25, 0.3) is 0 Å². The largest absolute Gasteiger partial charge is 0.467 e. The molecule has 3 aromatic carbocycles. The molecule has 0 bridgehead atoms. The van der Waals surface area contributed by atoms with Crippen LogP contribution in [0, 0.1) is 11.3 Å². The van der Waals surface area contributed by atoms with Crippen LogP contribution in [0.15, 0.2) is 66.9 Å². The molecule has 6 rings (SSSR count). The van der Waals surface area contributed by atoms with Crippen LogP contribution in [0.25, 0.3) is 32.8 Å². The maximum atomic E-state index is 14.6. The summed E-state index contributed by atoms with van der Waals surface area (Å²) in [6, 6.07) is 17.6. The number of rotatable bonds is 9. The molecule has 2 fully saturated rings. The highest BCUT2D eigenvalue weighted by Crippen LogP contribution is 2.47. The number of hydrogen-bond acceptors (Lipinski definition) is 7. The summed E-state index contributed by atoms with van der Waals surface area (Å²) in [6.07, 6.45) is -7.77. The smallest absolute Gasteiger partial charge is 0.410 e. The molecule has 9 nitrogen and oxygen atoms in total. The van der Waals surface area contributed by atoms with Crippen molar-refractivity contribution in [2.75, 3.05) is 39.8 Å². The highest BCUT2D eigenvalue weighted by molar-refractivity contribution is 6.05. The number of esters is 1. The first-order valence-electron chi connectivity index (χ1n) is 19.4. The van der Waals surface area contributed by atoms with Gasteiger partial charge in [-0.25, -0.2) is 9.59 Å². The fourth-order valence-electron chi connectivity index (χ4n) is 8.13. The number of methoxy groups -OCH3 is 1. The highest BCUT2D eigenvalue weighted by atomic mass is 19.4. The summed E-state index contributed by atoms with van der Waals surface area (Å²) in [5, 5.41) is 5.61. The molecule has 3 heterocycles. The Morgan fingerprint density at radius 2 is 1.55 bits per heavy atom. The van der Waals surface area contributed by atoms with Gasteiger partial charge in [-0.05, 0) is 111 Å². The van der Waals surface area contributed by atoms with Gasteiger partial charge in [-0.2, -0.15) is 26.3 Å². The molecule has 0 unspecified atom stereocenters. The van der Waals surface area contributed by atoms with Gasteiger partial charge in [0.1, 0.15) is 17.1 Å². The van der Waals surface area contributed by atoms with Crippen molar-refractivity contribution < 1.29 is 50.2 Å². The number of ether oxygens (including phenoxy) is 2. The number of benzene rings is 3. The molecule has 1 atom stereocenters. The lowest BCUT2D eigenvalue weighted by atomic mass is 9.76. The zero-order valence-corrected chi connectivity index (χ0v) is 32.9. The van der Waals surface area contributed by atoms with Gasteiger partial charge in [0.2, 0.25) is 5.91 Å². The van der Waals surface area contributed by atoms with Crippen molar-refractivity contribution in [3.8, 4) is 11.3 Å². The molecular formula is C43H48F6N4O5. The normalized spacial score (nSPS) is 17.6. The molecule has 2 aliphatic heterocycles. The maximum absolute atomic E-state index is 14.6. The van der Waals surface area contributed by atoms with Crippen LogP contribution in [0.3, 0.4) is 0 Å². The predicted octanol–water partition coefficient (Wildman–Crippen LogP) is 8.65. The van der Waals surface area contributed by atoms with Crippen LogP contribution >= 0.6 is 0 Å². The molecule has 0 saturated carbocycles.